The zero-order valence-electron chi connectivity index (χ0n) is 11.2. The number of rotatable bonds is 5. The highest BCUT2D eigenvalue weighted by molar-refractivity contribution is 9.10. The van der Waals surface area contributed by atoms with E-state index >= 15 is 0 Å². The molecule has 0 aliphatic rings. The molecule has 0 saturated heterocycles. The summed E-state index contributed by atoms with van der Waals surface area (Å²) in [6.07, 6.45) is 0.925. The fourth-order valence-corrected chi connectivity index (χ4v) is 2.52. The van der Waals surface area contributed by atoms with Crippen LogP contribution in [0.25, 0.3) is 0 Å². The minimum absolute atomic E-state index is 0.279. The van der Waals surface area contributed by atoms with Crippen LogP contribution >= 0.6 is 15.9 Å². The number of halogens is 1. The van der Waals surface area contributed by atoms with E-state index in [-0.39, 0.29) is 5.56 Å². The molecule has 0 heterocycles. The van der Waals surface area contributed by atoms with Crippen molar-refractivity contribution in [2.24, 2.45) is 0 Å². The van der Waals surface area contributed by atoms with Crippen molar-refractivity contribution in [3.63, 3.8) is 0 Å². The van der Waals surface area contributed by atoms with E-state index in [1.54, 1.807) is 18.2 Å². The Morgan fingerprint density at radius 1 is 1.25 bits per heavy atom. The number of aromatic carboxylic acids is 1. The van der Waals surface area contributed by atoms with E-state index in [1.165, 1.54) is 11.1 Å². The summed E-state index contributed by atoms with van der Waals surface area (Å²) in [5.74, 6) is -0.919. The van der Waals surface area contributed by atoms with Gasteiger partial charge in [-0.3, -0.25) is 0 Å². The van der Waals surface area contributed by atoms with Crippen molar-refractivity contribution in [3.8, 4) is 0 Å². The zero-order chi connectivity index (χ0) is 14.5. The summed E-state index contributed by atoms with van der Waals surface area (Å²) < 4.78 is 0.765. The molecule has 20 heavy (non-hydrogen) atoms. The van der Waals surface area contributed by atoms with Crippen molar-refractivity contribution in [2.45, 2.75) is 13.3 Å². The van der Waals surface area contributed by atoms with Gasteiger partial charge in [0, 0.05) is 16.7 Å². The molecule has 0 unspecified atom stereocenters. The maximum Gasteiger partial charge on any atom is 0.335 e. The number of nitrogens with one attached hydrogen (secondary N) is 1. The first-order valence-electron chi connectivity index (χ1n) is 6.38. The van der Waals surface area contributed by atoms with Crippen molar-refractivity contribution < 1.29 is 9.90 Å². The Morgan fingerprint density at radius 3 is 2.70 bits per heavy atom. The molecule has 2 aromatic carbocycles. The summed E-state index contributed by atoms with van der Waals surface area (Å²) in [6.45, 7) is 2.88. The molecule has 104 valence electrons. The Kier molecular flexibility index (Phi) is 4.79. The van der Waals surface area contributed by atoms with Gasteiger partial charge in [-0.25, -0.2) is 4.79 Å². The maximum atomic E-state index is 10.9. The number of anilines is 1. The Morgan fingerprint density at radius 2 is 2.05 bits per heavy atom. The second-order valence-corrected chi connectivity index (χ2v) is 5.52. The molecule has 2 rings (SSSR count). The average molecular weight is 334 g/mol. The van der Waals surface area contributed by atoms with Crippen LogP contribution < -0.4 is 5.32 Å². The monoisotopic (exact) mass is 333 g/mol. The fraction of sp³-hybridized carbons (Fsp3) is 0.188. The SMILES string of the molecule is Cc1cccc(CCNc2ccc(C(=O)O)cc2Br)c1. The number of carbonyl (C=O) groups is 1. The van der Waals surface area contributed by atoms with E-state index in [0.29, 0.717) is 0 Å². The van der Waals surface area contributed by atoms with E-state index in [2.05, 4.69) is 52.4 Å². The van der Waals surface area contributed by atoms with Gasteiger partial charge in [0.05, 0.1) is 5.56 Å². The minimum atomic E-state index is -0.919. The molecule has 2 aromatic rings. The van der Waals surface area contributed by atoms with Crippen molar-refractivity contribution >= 4 is 27.6 Å². The van der Waals surface area contributed by atoms with Crippen molar-refractivity contribution in [1.29, 1.82) is 0 Å². The Balaban J connectivity index is 1.96. The zero-order valence-corrected chi connectivity index (χ0v) is 12.8. The summed E-state index contributed by atoms with van der Waals surface area (Å²) in [5.41, 5.74) is 3.73. The Labute approximate surface area is 126 Å². The molecule has 0 saturated carbocycles. The van der Waals surface area contributed by atoms with Gasteiger partial charge in [-0.1, -0.05) is 29.8 Å². The van der Waals surface area contributed by atoms with Crippen LogP contribution in [0.5, 0.6) is 0 Å². The topological polar surface area (TPSA) is 49.3 Å². The molecule has 0 spiro atoms. The van der Waals surface area contributed by atoms with Gasteiger partial charge in [-0.15, -0.1) is 0 Å². The van der Waals surface area contributed by atoms with Crippen LogP contribution in [0.3, 0.4) is 0 Å². The molecule has 0 aromatic heterocycles. The second kappa shape index (κ2) is 6.57. The molecule has 0 atom stereocenters. The second-order valence-electron chi connectivity index (χ2n) is 4.67. The van der Waals surface area contributed by atoms with Crippen LogP contribution in [0.1, 0.15) is 21.5 Å². The van der Waals surface area contributed by atoms with Gasteiger partial charge in [0.2, 0.25) is 0 Å². The highest BCUT2D eigenvalue weighted by Gasteiger charge is 2.06. The molecule has 0 bridgehead atoms. The molecule has 0 aliphatic heterocycles. The van der Waals surface area contributed by atoms with Gasteiger partial charge in [-0.05, 0) is 53.0 Å². The third kappa shape index (κ3) is 3.84. The molecular weight excluding hydrogens is 318 g/mol. The number of carboxylic acid groups (broad SMARTS) is 1. The lowest BCUT2D eigenvalue weighted by molar-refractivity contribution is 0.0697. The van der Waals surface area contributed by atoms with E-state index < -0.39 is 5.97 Å². The molecule has 0 amide bonds. The maximum absolute atomic E-state index is 10.9. The largest absolute Gasteiger partial charge is 0.478 e. The summed E-state index contributed by atoms with van der Waals surface area (Å²) in [7, 11) is 0. The Hall–Kier alpha value is -1.81. The lowest BCUT2D eigenvalue weighted by atomic mass is 10.1. The standard InChI is InChI=1S/C16H16BrNO2/c1-11-3-2-4-12(9-11)7-8-18-15-6-5-13(16(19)20)10-14(15)17/h2-6,9-10,18H,7-8H2,1H3,(H,19,20). The first-order chi connectivity index (χ1) is 9.56. The number of carboxylic acids is 1. The molecule has 4 heteroatoms. The van der Waals surface area contributed by atoms with Crippen LogP contribution in [-0.2, 0) is 6.42 Å². The number of aryl methyl sites for hydroxylation is 1. The highest BCUT2D eigenvalue weighted by Crippen LogP contribution is 2.23. The molecular formula is C16H16BrNO2. The minimum Gasteiger partial charge on any atom is -0.478 e. The van der Waals surface area contributed by atoms with Gasteiger partial charge < -0.3 is 10.4 Å². The summed E-state index contributed by atoms with van der Waals surface area (Å²) in [5, 5.41) is 12.2. The molecule has 3 nitrogen and oxygen atoms in total. The van der Waals surface area contributed by atoms with Crippen molar-refractivity contribution in [1.82, 2.24) is 0 Å². The quantitative estimate of drug-likeness (QED) is 0.865. The van der Waals surface area contributed by atoms with Gasteiger partial charge in [0.1, 0.15) is 0 Å². The van der Waals surface area contributed by atoms with Gasteiger partial charge in [0.25, 0.3) is 0 Å². The van der Waals surface area contributed by atoms with E-state index in [4.69, 9.17) is 5.11 Å². The normalized spacial score (nSPS) is 10.3. The first kappa shape index (κ1) is 14.6. The van der Waals surface area contributed by atoms with Crippen LogP contribution in [0.2, 0.25) is 0 Å². The summed E-state index contributed by atoms with van der Waals surface area (Å²) in [4.78, 5) is 10.9. The highest BCUT2D eigenvalue weighted by atomic mass is 79.9. The summed E-state index contributed by atoms with van der Waals surface area (Å²) in [6, 6.07) is 13.4. The van der Waals surface area contributed by atoms with E-state index in [0.717, 1.165) is 23.1 Å². The van der Waals surface area contributed by atoms with Crippen LogP contribution in [0, 0.1) is 6.92 Å². The van der Waals surface area contributed by atoms with Crippen molar-refractivity contribution in [2.75, 3.05) is 11.9 Å². The molecule has 0 radical (unpaired) electrons. The molecule has 0 fully saturated rings. The first-order valence-corrected chi connectivity index (χ1v) is 7.18. The van der Waals surface area contributed by atoms with Gasteiger partial charge in [0.15, 0.2) is 0 Å². The lowest BCUT2D eigenvalue weighted by Gasteiger charge is -2.09. The van der Waals surface area contributed by atoms with E-state index in [9.17, 15) is 4.79 Å². The average Bonchev–Trinajstić information content (AvgIpc) is 2.40. The third-order valence-electron chi connectivity index (χ3n) is 3.03. The van der Waals surface area contributed by atoms with Crippen molar-refractivity contribution in [3.05, 3.63) is 63.6 Å². The van der Waals surface area contributed by atoms with Crippen LogP contribution in [0.4, 0.5) is 5.69 Å². The smallest absolute Gasteiger partial charge is 0.335 e. The van der Waals surface area contributed by atoms with Crippen LogP contribution in [-0.4, -0.2) is 17.6 Å². The Bertz CT molecular complexity index is 626. The summed E-state index contributed by atoms with van der Waals surface area (Å²) >= 11 is 3.39. The predicted octanol–water partition coefficient (Wildman–Crippen LogP) is 4.11. The fourth-order valence-electron chi connectivity index (χ4n) is 2.00. The number of benzene rings is 2. The van der Waals surface area contributed by atoms with Gasteiger partial charge >= 0.3 is 5.97 Å². The van der Waals surface area contributed by atoms with Gasteiger partial charge in [-0.2, -0.15) is 0 Å². The lowest BCUT2D eigenvalue weighted by Crippen LogP contribution is -2.06. The number of hydrogen-bond acceptors (Lipinski definition) is 2. The predicted molar refractivity (Wildman–Crippen MR) is 84.5 cm³/mol. The molecule has 2 N–H and O–H groups in total. The van der Waals surface area contributed by atoms with Crippen LogP contribution in [0.15, 0.2) is 46.9 Å². The van der Waals surface area contributed by atoms with E-state index in [1.807, 2.05) is 0 Å². The number of hydrogen-bond donors (Lipinski definition) is 2. The molecule has 0 aliphatic carbocycles. The third-order valence-corrected chi connectivity index (χ3v) is 3.68.